The summed E-state index contributed by atoms with van der Waals surface area (Å²) in [6, 6.07) is 26.4. The van der Waals surface area contributed by atoms with Crippen molar-refractivity contribution in [3.05, 3.63) is 95.6 Å². The normalized spacial score (nSPS) is 13.1. The van der Waals surface area contributed by atoms with Crippen LogP contribution < -0.4 is 9.80 Å². The van der Waals surface area contributed by atoms with Crippen molar-refractivity contribution in [2.45, 2.75) is 19.4 Å². The third kappa shape index (κ3) is 3.72. The number of carbonyl (C=O) groups excluding carboxylic acids is 1. The van der Waals surface area contributed by atoms with Crippen LogP contribution in [0.25, 0.3) is 0 Å². The first kappa shape index (κ1) is 17.3. The molecule has 3 aromatic rings. The first-order valence-corrected chi connectivity index (χ1v) is 9.47. The van der Waals surface area contributed by atoms with Crippen LogP contribution in [0.1, 0.15) is 27.9 Å². The molecule has 0 atom stereocenters. The molecule has 1 amide bonds. The van der Waals surface area contributed by atoms with Crippen molar-refractivity contribution in [1.29, 1.82) is 0 Å². The first-order valence-electron chi connectivity index (χ1n) is 9.47. The summed E-state index contributed by atoms with van der Waals surface area (Å²) < 4.78 is 0. The van der Waals surface area contributed by atoms with E-state index < -0.39 is 0 Å². The van der Waals surface area contributed by atoms with Gasteiger partial charge in [-0.05, 0) is 54.3 Å². The number of amides is 1. The Morgan fingerprint density at radius 3 is 2.41 bits per heavy atom. The molecular weight excluding hydrogens is 332 g/mol. The summed E-state index contributed by atoms with van der Waals surface area (Å²) in [4.78, 5) is 16.9. The molecule has 1 aliphatic heterocycles. The zero-order valence-electron chi connectivity index (χ0n) is 15.6. The topological polar surface area (TPSA) is 23.6 Å². The summed E-state index contributed by atoms with van der Waals surface area (Å²) in [5.74, 6) is 0.0102. The highest BCUT2D eigenvalue weighted by Crippen LogP contribution is 2.28. The van der Waals surface area contributed by atoms with Crippen LogP contribution in [0.4, 0.5) is 11.4 Å². The fourth-order valence-corrected chi connectivity index (χ4v) is 3.71. The van der Waals surface area contributed by atoms with Crippen molar-refractivity contribution < 1.29 is 4.79 Å². The second kappa shape index (κ2) is 7.67. The van der Waals surface area contributed by atoms with Gasteiger partial charge in [0.05, 0.1) is 0 Å². The quantitative estimate of drug-likeness (QED) is 0.663. The second-order valence-electron chi connectivity index (χ2n) is 7.05. The van der Waals surface area contributed by atoms with Crippen LogP contribution in [-0.2, 0) is 13.0 Å². The molecule has 0 saturated carbocycles. The number of carbonyl (C=O) groups is 1. The van der Waals surface area contributed by atoms with Crippen molar-refractivity contribution >= 4 is 17.3 Å². The average Bonchev–Trinajstić information content (AvgIpc) is 2.74. The lowest BCUT2D eigenvalue weighted by molar-refractivity contribution is 0.0993. The largest absolute Gasteiger partial charge is 0.367 e. The highest BCUT2D eigenvalue weighted by Gasteiger charge is 2.17. The minimum atomic E-state index is 0.0102. The Hall–Kier alpha value is -3.07. The van der Waals surface area contributed by atoms with E-state index in [0.717, 1.165) is 25.2 Å². The summed E-state index contributed by atoms with van der Waals surface area (Å²) in [7, 11) is 1.82. The van der Waals surface area contributed by atoms with Gasteiger partial charge in [0.2, 0.25) is 0 Å². The number of anilines is 2. The molecule has 0 aromatic heterocycles. The lowest BCUT2D eigenvalue weighted by Crippen LogP contribution is -2.29. The summed E-state index contributed by atoms with van der Waals surface area (Å²) in [6.45, 7) is 1.95. The summed E-state index contributed by atoms with van der Waals surface area (Å²) >= 11 is 0. The van der Waals surface area contributed by atoms with Gasteiger partial charge < -0.3 is 9.80 Å². The van der Waals surface area contributed by atoms with Gasteiger partial charge in [0.15, 0.2) is 0 Å². The van der Waals surface area contributed by atoms with E-state index in [1.807, 2.05) is 49.5 Å². The van der Waals surface area contributed by atoms with Crippen LogP contribution in [0.3, 0.4) is 0 Å². The maximum atomic E-state index is 12.7. The van der Waals surface area contributed by atoms with Gasteiger partial charge in [-0.2, -0.15) is 0 Å². The predicted molar refractivity (Wildman–Crippen MR) is 111 cm³/mol. The van der Waals surface area contributed by atoms with E-state index in [-0.39, 0.29) is 5.91 Å². The Balaban J connectivity index is 1.48. The van der Waals surface area contributed by atoms with E-state index in [9.17, 15) is 4.79 Å². The van der Waals surface area contributed by atoms with Crippen LogP contribution in [0.5, 0.6) is 0 Å². The van der Waals surface area contributed by atoms with Gasteiger partial charge >= 0.3 is 0 Å². The first-order chi connectivity index (χ1) is 13.2. The Morgan fingerprint density at radius 1 is 0.926 bits per heavy atom. The molecule has 27 heavy (non-hydrogen) atoms. The average molecular weight is 356 g/mol. The summed E-state index contributed by atoms with van der Waals surface area (Å²) in [5, 5.41) is 0. The SMILES string of the molecule is CN(C(=O)c1ccc(CN2CCCc3ccccc32)cc1)c1ccccc1. The molecule has 0 radical (unpaired) electrons. The van der Waals surface area contributed by atoms with Crippen molar-refractivity contribution in [3.8, 4) is 0 Å². The molecule has 4 rings (SSSR count). The molecular formula is C24H24N2O. The number of rotatable bonds is 4. The molecule has 0 N–H and O–H groups in total. The van der Waals surface area contributed by atoms with Gasteiger partial charge in [0, 0.05) is 37.1 Å². The van der Waals surface area contributed by atoms with Gasteiger partial charge in [-0.1, -0.05) is 48.5 Å². The fraction of sp³-hybridized carbons (Fsp3) is 0.208. The van der Waals surface area contributed by atoms with E-state index in [2.05, 4.69) is 41.3 Å². The predicted octanol–water partition coefficient (Wildman–Crippen LogP) is 4.92. The number of nitrogens with zero attached hydrogens (tertiary/aromatic N) is 2. The minimum Gasteiger partial charge on any atom is -0.367 e. The third-order valence-electron chi connectivity index (χ3n) is 5.23. The van der Waals surface area contributed by atoms with Gasteiger partial charge in [0.25, 0.3) is 5.91 Å². The van der Waals surface area contributed by atoms with Crippen LogP contribution in [0, 0.1) is 0 Å². The van der Waals surface area contributed by atoms with Gasteiger partial charge in [-0.3, -0.25) is 4.79 Å². The number of para-hydroxylation sites is 2. The third-order valence-corrected chi connectivity index (χ3v) is 5.23. The van der Waals surface area contributed by atoms with E-state index >= 15 is 0 Å². The van der Waals surface area contributed by atoms with Crippen LogP contribution in [-0.4, -0.2) is 19.5 Å². The van der Waals surface area contributed by atoms with Crippen molar-refractivity contribution in [3.63, 3.8) is 0 Å². The summed E-state index contributed by atoms with van der Waals surface area (Å²) in [6.07, 6.45) is 2.35. The second-order valence-corrected chi connectivity index (χ2v) is 7.05. The number of fused-ring (bicyclic) bond motifs is 1. The smallest absolute Gasteiger partial charge is 0.258 e. The Morgan fingerprint density at radius 2 is 1.63 bits per heavy atom. The lowest BCUT2D eigenvalue weighted by atomic mass is 10.0. The van der Waals surface area contributed by atoms with E-state index in [0.29, 0.717) is 5.56 Å². The maximum absolute atomic E-state index is 12.7. The zero-order chi connectivity index (χ0) is 18.6. The fourth-order valence-electron chi connectivity index (χ4n) is 3.71. The van der Waals surface area contributed by atoms with Crippen molar-refractivity contribution in [1.82, 2.24) is 0 Å². The number of benzene rings is 3. The highest BCUT2D eigenvalue weighted by molar-refractivity contribution is 6.05. The molecule has 3 aromatic carbocycles. The van der Waals surface area contributed by atoms with E-state index in [1.54, 1.807) is 4.90 Å². The van der Waals surface area contributed by atoms with Gasteiger partial charge in [-0.25, -0.2) is 0 Å². The van der Waals surface area contributed by atoms with Crippen LogP contribution >= 0.6 is 0 Å². The van der Waals surface area contributed by atoms with Crippen LogP contribution in [0.15, 0.2) is 78.9 Å². The molecule has 0 bridgehead atoms. The zero-order valence-corrected chi connectivity index (χ0v) is 15.6. The number of hydrogen-bond donors (Lipinski definition) is 0. The Kier molecular flexibility index (Phi) is 4.93. The molecule has 0 saturated heterocycles. The molecule has 3 heteroatoms. The highest BCUT2D eigenvalue weighted by atomic mass is 16.2. The van der Waals surface area contributed by atoms with Gasteiger partial charge in [-0.15, -0.1) is 0 Å². The molecule has 0 aliphatic carbocycles. The Labute approximate surface area is 160 Å². The van der Waals surface area contributed by atoms with E-state index in [4.69, 9.17) is 0 Å². The number of hydrogen-bond acceptors (Lipinski definition) is 2. The summed E-state index contributed by atoms with van der Waals surface area (Å²) in [5.41, 5.74) is 5.61. The monoisotopic (exact) mass is 356 g/mol. The molecule has 1 heterocycles. The van der Waals surface area contributed by atoms with Crippen molar-refractivity contribution in [2.24, 2.45) is 0 Å². The maximum Gasteiger partial charge on any atom is 0.258 e. The molecule has 0 unspecified atom stereocenters. The standard InChI is InChI=1S/C24H24N2O/c1-25(22-10-3-2-4-11-22)24(27)21-15-13-19(14-16-21)18-26-17-7-9-20-8-5-6-12-23(20)26/h2-6,8,10-16H,7,9,17-18H2,1H3. The lowest BCUT2D eigenvalue weighted by Gasteiger charge is -2.31. The Bertz CT molecular complexity index is 919. The molecule has 0 fully saturated rings. The van der Waals surface area contributed by atoms with Crippen molar-refractivity contribution in [2.75, 3.05) is 23.4 Å². The van der Waals surface area contributed by atoms with Crippen LogP contribution in [0.2, 0.25) is 0 Å². The molecule has 136 valence electrons. The molecule has 1 aliphatic rings. The minimum absolute atomic E-state index is 0.0102. The number of aryl methyl sites for hydroxylation is 1. The molecule has 3 nitrogen and oxygen atoms in total. The van der Waals surface area contributed by atoms with Gasteiger partial charge in [0.1, 0.15) is 0 Å². The van der Waals surface area contributed by atoms with E-state index in [1.165, 1.54) is 23.2 Å². The molecule has 0 spiro atoms.